The molecule has 144 valence electrons. The van der Waals surface area contributed by atoms with Gasteiger partial charge in [-0.3, -0.25) is 9.59 Å². The normalized spacial score (nSPS) is 14.0. The molecule has 0 saturated carbocycles. The van der Waals surface area contributed by atoms with Crippen LogP contribution in [-0.4, -0.2) is 56.6 Å². The van der Waals surface area contributed by atoms with Crippen molar-refractivity contribution < 1.29 is 14.3 Å². The molecule has 1 N–H and O–H groups in total. The van der Waals surface area contributed by atoms with E-state index < -0.39 is 0 Å². The van der Waals surface area contributed by atoms with E-state index in [-0.39, 0.29) is 18.4 Å². The predicted molar refractivity (Wildman–Crippen MR) is 108 cm³/mol. The summed E-state index contributed by atoms with van der Waals surface area (Å²) in [6.45, 7) is 3.29. The van der Waals surface area contributed by atoms with Crippen LogP contribution in [0.5, 0.6) is 0 Å². The van der Waals surface area contributed by atoms with E-state index >= 15 is 0 Å². The standard InChI is InChI=1S/C20H25N3O3S/c1-22(20(25)9-8-18-3-2-14-27-18)15-19(24)21-16-4-6-17(7-5-16)23-10-12-26-13-11-23/h2-7,14H,8-13,15H2,1H3,(H,21,24). The van der Waals surface area contributed by atoms with Crippen LogP contribution in [0, 0.1) is 0 Å². The van der Waals surface area contributed by atoms with E-state index in [2.05, 4.69) is 10.2 Å². The van der Waals surface area contributed by atoms with Crippen LogP contribution in [0.1, 0.15) is 11.3 Å². The Morgan fingerprint density at radius 2 is 1.93 bits per heavy atom. The number of nitrogens with one attached hydrogen (secondary N) is 1. The maximum Gasteiger partial charge on any atom is 0.243 e. The molecule has 1 aromatic heterocycles. The molecule has 0 spiro atoms. The van der Waals surface area contributed by atoms with Gasteiger partial charge in [-0.25, -0.2) is 0 Å². The highest BCUT2D eigenvalue weighted by molar-refractivity contribution is 7.09. The lowest BCUT2D eigenvalue weighted by Crippen LogP contribution is -2.36. The molecular weight excluding hydrogens is 362 g/mol. The summed E-state index contributed by atoms with van der Waals surface area (Å²) in [5.74, 6) is -0.220. The topological polar surface area (TPSA) is 61.9 Å². The fourth-order valence-electron chi connectivity index (χ4n) is 2.96. The lowest BCUT2D eigenvalue weighted by atomic mass is 10.2. The molecule has 2 heterocycles. The summed E-state index contributed by atoms with van der Waals surface area (Å²) < 4.78 is 5.36. The third-order valence-electron chi connectivity index (χ3n) is 4.50. The largest absolute Gasteiger partial charge is 0.378 e. The third kappa shape index (κ3) is 5.80. The number of likely N-dealkylation sites (N-methyl/N-ethyl adjacent to an activating group) is 1. The fourth-order valence-corrected chi connectivity index (χ4v) is 3.67. The van der Waals surface area contributed by atoms with E-state index in [4.69, 9.17) is 4.74 Å². The zero-order chi connectivity index (χ0) is 19.1. The number of rotatable bonds is 7. The van der Waals surface area contributed by atoms with Crippen LogP contribution >= 0.6 is 11.3 Å². The minimum atomic E-state index is -0.193. The number of ether oxygens (including phenoxy) is 1. The molecule has 0 bridgehead atoms. The van der Waals surface area contributed by atoms with E-state index in [1.54, 1.807) is 18.4 Å². The SMILES string of the molecule is CN(CC(=O)Nc1ccc(N2CCOCC2)cc1)C(=O)CCc1cccs1. The van der Waals surface area contributed by atoms with Gasteiger partial charge in [-0.2, -0.15) is 0 Å². The second-order valence-corrected chi connectivity index (χ2v) is 7.56. The maximum atomic E-state index is 12.2. The third-order valence-corrected chi connectivity index (χ3v) is 5.44. The number of hydrogen-bond acceptors (Lipinski definition) is 5. The zero-order valence-electron chi connectivity index (χ0n) is 15.5. The Labute approximate surface area is 163 Å². The van der Waals surface area contributed by atoms with Crippen LogP contribution in [0.25, 0.3) is 0 Å². The second kappa shape index (κ2) is 9.53. The van der Waals surface area contributed by atoms with Crippen LogP contribution in [-0.2, 0) is 20.7 Å². The molecule has 1 aliphatic rings. The Bertz CT molecular complexity index is 740. The summed E-state index contributed by atoms with van der Waals surface area (Å²) >= 11 is 1.64. The lowest BCUT2D eigenvalue weighted by Gasteiger charge is -2.28. The molecule has 0 atom stereocenters. The van der Waals surface area contributed by atoms with E-state index in [1.807, 2.05) is 41.8 Å². The predicted octanol–water partition coefficient (Wildman–Crippen LogP) is 2.61. The minimum absolute atomic E-state index is 0.0267. The van der Waals surface area contributed by atoms with Crippen molar-refractivity contribution in [3.05, 3.63) is 46.7 Å². The van der Waals surface area contributed by atoms with Gasteiger partial charge in [-0.05, 0) is 42.1 Å². The van der Waals surface area contributed by atoms with Gasteiger partial charge in [0.05, 0.1) is 19.8 Å². The number of benzene rings is 1. The van der Waals surface area contributed by atoms with Crippen LogP contribution in [0.3, 0.4) is 0 Å². The van der Waals surface area contributed by atoms with Crippen LogP contribution < -0.4 is 10.2 Å². The van der Waals surface area contributed by atoms with Gasteiger partial charge in [0.1, 0.15) is 0 Å². The highest BCUT2D eigenvalue weighted by atomic mass is 32.1. The Morgan fingerprint density at radius 3 is 2.59 bits per heavy atom. The molecule has 0 radical (unpaired) electrons. The summed E-state index contributed by atoms with van der Waals surface area (Å²) in [5, 5.41) is 4.85. The number of anilines is 2. The molecule has 6 nitrogen and oxygen atoms in total. The van der Waals surface area contributed by atoms with Crippen molar-refractivity contribution in [1.29, 1.82) is 0 Å². The molecule has 3 rings (SSSR count). The first-order chi connectivity index (χ1) is 13.1. The summed E-state index contributed by atoms with van der Waals surface area (Å²) in [5.41, 5.74) is 1.86. The quantitative estimate of drug-likeness (QED) is 0.793. The Balaban J connectivity index is 1.44. The van der Waals surface area contributed by atoms with Gasteiger partial charge in [0, 0.05) is 42.8 Å². The monoisotopic (exact) mass is 387 g/mol. The van der Waals surface area contributed by atoms with Crippen molar-refractivity contribution in [1.82, 2.24) is 4.90 Å². The van der Waals surface area contributed by atoms with Crippen molar-refractivity contribution in [3.8, 4) is 0 Å². The van der Waals surface area contributed by atoms with Gasteiger partial charge in [0.15, 0.2) is 0 Å². The van der Waals surface area contributed by atoms with Crippen molar-refractivity contribution in [2.45, 2.75) is 12.8 Å². The smallest absolute Gasteiger partial charge is 0.243 e. The maximum absolute atomic E-state index is 12.2. The number of morpholine rings is 1. The summed E-state index contributed by atoms with van der Waals surface area (Å²) in [6.07, 6.45) is 1.13. The summed E-state index contributed by atoms with van der Waals surface area (Å²) in [4.78, 5) is 29.3. The number of thiophene rings is 1. The molecule has 0 unspecified atom stereocenters. The molecule has 7 heteroatoms. The average Bonchev–Trinajstić information content (AvgIpc) is 3.21. The van der Waals surface area contributed by atoms with E-state index in [9.17, 15) is 9.59 Å². The Morgan fingerprint density at radius 1 is 1.19 bits per heavy atom. The van der Waals surface area contributed by atoms with Gasteiger partial charge in [-0.1, -0.05) is 6.07 Å². The molecule has 2 aromatic rings. The number of amides is 2. The molecule has 1 aliphatic heterocycles. The minimum Gasteiger partial charge on any atom is -0.378 e. The molecule has 1 fully saturated rings. The number of carbonyl (C=O) groups excluding carboxylic acids is 2. The first kappa shape index (κ1) is 19.4. The molecule has 2 amide bonds. The first-order valence-corrected chi connectivity index (χ1v) is 9.99. The van der Waals surface area contributed by atoms with Gasteiger partial charge in [0.25, 0.3) is 0 Å². The first-order valence-electron chi connectivity index (χ1n) is 9.11. The number of aryl methyl sites for hydroxylation is 1. The van der Waals surface area contributed by atoms with E-state index in [1.165, 1.54) is 9.78 Å². The number of nitrogens with zero attached hydrogens (tertiary/aromatic N) is 2. The molecular formula is C20H25N3O3S. The van der Waals surface area contributed by atoms with Gasteiger partial charge < -0.3 is 19.9 Å². The van der Waals surface area contributed by atoms with E-state index in [0.29, 0.717) is 12.8 Å². The summed E-state index contributed by atoms with van der Waals surface area (Å²) in [7, 11) is 1.66. The average molecular weight is 388 g/mol. The molecule has 1 saturated heterocycles. The zero-order valence-corrected chi connectivity index (χ0v) is 16.3. The van der Waals surface area contributed by atoms with Gasteiger partial charge in [-0.15, -0.1) is 11.3 Å². The lowest BCUT2D eigenvalue weighted by molar-refractivity contribution is -0.133. The Kier molecular flexibility index (Phi) is 6.84. The number of carbonyl (C=O) groups is 2. The summed E-state index contributed by atoms with van der Waals surface area (Å²) in [6, 6.07) is 11.8. The van der Waals surface area contributed by atoms with Crippen LogP contribution in [0.15, 0.2) is 41.8 Å². The van der Waals surface area contributed by atoms with Crippen molar-refractivity contribution >= 4 is 34.5 Å². The fraction of sp³-hybridized carbons (Fsp3) is 0.400. The van der Waals surface area contributed by atoms with Crippen molar-refractivity contribution in [3.63, 3.8) is 0 Å². The van der Waals surface area contributed by atoms with Crippen molar-refractivity contribution in [2.24, 2.45) is 0 Å². The van der Waals surface area contributed by atoms with Crippen molar-refractivity contribution in [2.75, 3.05) is 50.1 Å². The molecule has 1 aromatic carbocycles. The molecule has 0 aliphatic carbocycles. The molecule has 27 heavy (non-hydrogen) atoms. The van der Waals surface area contributed by atoms with Gasteiger partial charge >= 0.3 is 0 Å². The van der Waals surface area contributed by atoms with Crippen LogP contribution in [0.4, 0.5) is 11.4 Å². The number of hydrogen-bond donors (Lipinski definition) is 1. The van der Waals surface area contributed by atoms with Gasteiger partial charge in [0.2, 0.25) is 11.8 Å². The Hall–Kier alpha value is -2.38. The second-order valence-electron chi connectivity index (χ2n) is 6.52. The highest BCUT2D eigenvalue weighted by Crippen LogP contribution is 2.19. The van der Waals surface area contributed by atoms with E-state index in [0.717, 1.165) is 37.7 Å². The van der Waals surface area contributed by atoms with Crippen LogP contribution in [0.2, 0.25) is 0 Å². The highest BCUT2D eigenvalue weighted by Gasteiger charge is 2.14.